The number of carbonyl (C=O) groups excluding carboxylic acids is 3. The molecule has 0 spiro atoms. The Labute approximate surface area is 180 Å². The molecule has 0 radical (unpaired) electrons. The van der Waals surface area contributed by atoms with Gasteiger partial charge >= 0.3 is 6.16 Å². The normalized spacial score (nSPS) is 10.1. The zero-order valence-electron chi connectivity index (χ0n) is 17.0. The molecular weight excluding hydrogens is 396 g/mol. The number of amides is 2. The summed E-state index contributed by atoms with van der Waals surface area (Å²) in [6.07, 6.45) is -0.578. The fraction of sp³-hybridized carbons (Fsp3) is 0.125. The Kier molecular flexibility index (Phi) is 7.37. The second-order valence-electron chi connectivity index (χ2n) is 6.52. The molecule has 0 aliphatic heterocycles. The molecule has 3 aromatic rings. The summed E-state index contributed by atoms with van der Waals surface area (Å²) in [5.41, 5.74) is 2.23. The van der Waals surface area contributed by atoms with Crippen molar-refractivity contribution < 1.29 is 23.9 Å². The lowest BCUT2D eigenvalue weighted by Crippen LogP contribution is -2.18. The van der Waals surface area contributed by atoms with Crippen LogP contribution in [0.5, 0.6) is 5.75 Å². The number of rotatable bonds is 7. The van der Waals surface area contributed by atoms with Crippen LogP contribution in [-0.2, 0) is 16.0 Å². The fourth-order valence-corrected chi connectivity index (χ4v) is 2.79. The summed E-state index contributed by atoms with van der Waals surface area (Å²) in [5.74, 6) is -0.288. The predicted octanol–water partition coefficient (Wildman–Crippen LogP) is 4.66. The van der Waals surface area contributed by atoms with Crippen molar-refractivity contribution in [1.29, 1.82) is 0 Å². The Balaban J connectivity index is 1.64. The van der Waals surface area contributed by atoms with Crippen LogP contribution in [0.15, 0.2) is 78.9 Å². The average molecular weight is 418 g/mol. The van der Waals surface area contributed by atoms with Gasteiger partial charge in [0.15, 0.2) is 0 Å². The van der Waals surface area contributed by atoms with E-state index in [1.165, 1.54) is 24.3 Å². The maximum absolute atomic E-state index is 12.6. The topological polar surface area (TPSA) is 93.7 Å². The van der Waals surface area contributed by atoms with E-state index < -0.39 is 6.16 Å². The molecule has 0 saturated heterocycles. The summed E-state index contributed by atoms with van der Waals surface area (Å²) in [6.45, 7) is 1.89. The minimum absolute atomic E-state index is 0.187. The minimum atomic E-state index is -0.806. The summed E-state index contributed by atoms with van der Waals surface area (Å²) in [5, 5.41) is 5.62. The number of para-hydroxylation sites is 2. The van der Waals surface area contributed by atoms with Crippen molar-refractivity contribution in [3.63, 3.8) is 0 Å². The second-order valence-corrected chi connectivity index (χ2v) is 6.52. The Bertz CT molecular complexity index is 1050. The van der Waals surface area contributed by atoms with Crippen LogP contribution in [0, 0.1) is 0 Å². The zero-order chi connectivity index (χ0) is 22.1. The van der Waals surface area contributed by atoms with E-state index in [2.05, 4.69) is 10.6 Å². The number of carbonyl (C=O) groups is 3. The molecule has 0 aliphatic rings. The van der Waals surface area contributed by atoms with E-state index in [0.29, 0.717) is 16.9 Å². The first-order chi connectivity index (χ1) is 15.0. The molecule has 0 aliphatic carbocycles. The summed E-state index contributed by atoms with van der Waals surface area (Å²) < 4.78 is 9.69. The SMILES string of the molecule is CCOC(=O)Oc1ccc(C(=O)Nc2ccccc2NC(=O)Cc2ccccc2)cc1. The molecule has 158 valence electrons. The molecule has 3 aromatic carbocycles. The minimum Gasteiger partial charge on any atom is -0.434 e. The van der Waals surface area contributed by atoms with Gasteiger partial charge in [-0.15, -0.1) is 0 Å². The molecule has 2 amide bonds. The van der Waals surface area contributed by atoms with Crippen LogP contribution in [0.2, 0.25) is 0 Å². The molecule has 3 rings (SSSR count). The Morgan fingerprint density at radius 3 is 2.03 bits per heavy atom. The van der Waals surface area contributed by atoms with Crippen LogP contribution in [0.25, 0.3) is 0 Å². The molecule has 7 nitrogen and oxygen atoms in total. The van der Waals surface area contributed by atoms with Gasteiger partial charge in [-0.2, -0.15) is 0 Å². The van der Waals surface area contributed by atoms with Crippen molar-refractivity contribution in [2.24, 2.45) is 0 Å². The van der Waals surface area contributed by atoms with Crippen molar-refractivity contribution in [3.8, 4) is 5.75 Å². The van der Waals surface area contributed by atoms with Gasteiger partial charge in [0.1, 0.15) is 5.75 Å². The summed E-state index contributed by atoms with van der Waals surface area (Å²) in [7, 11) is 0. The second kappa shape index (κ2) is 10.6. The number of hydrogen-bond acceptors (Lipinski definition) is 5. The quantitative estimate of drug-likeness (QED) is 0.430. The largest absolute Gasteiger partial charge is 0.513 e. The van der Waals surface area contributed by atoms with Gasteiger partial charge < -0.3 is 20.1 Å². The average Bonchev–Trinajstić information content (AvgIpc) is 2.76. The monoisotopic (exact) mass is 418 g/mol. The molecule has 0 heterocycles. The van der Waals surface area contributed by atoms with E-state index in [9.17, 15) is 14.4 Å². The van der Waals surface area contributed by atoms with Crippen molar-refractivity contribution in [3.05, 3.63) is 90.0 Å². The maximum Gasteiger partial charge on any atom is 0.513 e. The van der Waals surface area contributed by atoms with Gasteiger partial charge in [0.25, 0.3) is 5.91 Å². The first-order valence-corrected chi connectivity index (χ1v) is 9.74. The van der Waals surface area contributed by atoms with Crippen LogP contribution >= 0.6 is 0 Å². The Hall–Kier alpha value is -4.13. The van der Waals surface area contributed by atoms with Gasteiger partial charge in [0.05, 0.1) is 24.4 Å². The lowest BCUT2D eigenvalue weighted by atomic mass is 10.1. The predicted molar refractivity (Wildman–Crippen MR) is 117 cm³/mol. The Morgan fingerprint density at radius 1 is 0.774 bits per heavy atom. The third kappa shape index (κ3) is 6.43. The molecule has 0 atom stereocenters. The van der Waals surface area contributed by atoms with E-state index in [1.54, 1.807) is 31.2 Å². The zero-order valence-corrected chi connectivity index (χ0v) is 17.0. The molecular formula is C24H22N2O5. The van der Waals surface area contributed by atoms with Crippen LogP contribution in [0.4, 0.5) is 16.2 Å². The van der Waals surface area contributed by atoms with Crippen molar-refractivity contribution in [2.75, 3.05) is 17.2 Å². The molecule has 0 aromatic heterocycles. The molecule has 31 heavy (non-hydrogen) atoms. The van der Waals surface area contributed by atoms with Crippen molar-refractivity contribution in [1.82, 2.24) is 0 Å². The highest BCUT2D eigenvalue weighted by Gasteiger charge is 2.12. The summed E-state index contributed by atoms with van der Waals surface area (Å²) in [6, 6.07) is 22.4. The van der Waals surface area contributed by atoms with Crippen LogP contribution in [0.3, 0.4) is 0 Å². The number of nitrogens with one attached hydrogen (secondary N) is 2. The third-order valence-corrected chi connectivity index (χ3v) is 4.24. The van der Waals surface area contributed by atoms with Gasteiger partial charge in [-0.3, -0.25) is 9.59 Å². The molecule has 0 fully saturated rings. The highest BCUT2D eigenvalue weighted by Crippen LogP contribution is 2.23. The maximum atomic E-state index is 12.6. The number of ether oxygens (including phenoxy) is 2. The van der Waals surface area contributed by atoms with Crippen LogP contribution in [-0.4, -0.2) is 24.6 Å². The van der Waals surface area contributed by atoms with Gasteiger partial charge in [-0.05, 0) is 48.9 Å². The summed E-state index contributed by atoms with van der Waals surface area (Å²) >= 11 is 0. The lowest BCUT2D eigenvalue weighted by molar-refractivity contribution is -0.115. The molecule has 0 saturated carbocycles. The highest BCUT2D eigenvalue weighted by atomic mass is 16.7. The fourth-order valence-electron chi connectivity index (χ4n) is 2.79. The molecule has 7 heteroatoms. The molecule has 2 N–H and O–H groups in total. The lowest BCUT2D eigenvalue weighted by Gasteiger charge is -2.12. The van der Waals surface area contributed by atoms with E-state index in [-0.39, 0.29) is 30.6 Å². The van der Waals surface area contributed by atoms with Gasteiger partial charge in [-0.25, -0.2) is 4.79 Å². The van der Waals surface area contributed by atoms with Crippen LogP contribution < -0.4 is 15.4 Å². The molecule has 0 bridgehead atoms. The number of benzene rings is 3. The van der Waals surface area contributed by atoms with Gasteiger partial charge in [0, 0.05) is 5.56 Å². The van der Waals surface area contributed by atoms with Gasteiger partial charge in [0.2, 0.25) is 5.91 Å². The standard InChI is InChI=1S/C24H22N2O5/c1-2-30-24(29)31-19-14-12-18(13-15-19)23(28)26-21-11-7-6-10-20(21)25-22(27)16-17-8-4-3-5-9-17/h3-15H,2,16H2,1H3,(H,25,27)(H,26,28). The van der Waals surface area contributed by atoms with E-state index in [4.69, 9.17) is 9.47 Å². The van der Waals surface area contributed by atoms with Crippen molar-refractivity contribution in [2.45, 2.75) is 13.3 Å². The smallest absolute Gasteiger partial charge is 0.434 e. The Morgan fingerprint density at radius 2 is 1.39 bits per heavy atom. The first kappa shape index (κ1) is 21.6. The van der Waals surface area contributed by atoms with E-state index in [1.807, 2.05) is 30.3 Å². The number of hydrogen-bond donors (Lipinski definition) is 2. The van der Waals surface area contributed by atoms with Gasteiger partial charge in [-0.1, -0.05) is 42.5 Å². The van der Waals surface area contributed by atoms with E-state index in [0.717, 1.165) is 5.56 Å². The first-order valence-electron chi connectivity index (χ1n) is 9.74. The summed E-state index contributed by atoms with van der Waals surface area (Å²) in [4.78, 5) is 36.4. The number of anilines is 2. The van der Waals surface area contributed by atoms with E-state index >= 15 is 0 Å². The molecule has 0 unspecified atom stereocenters. The van der Waals surface area contributed by atoms with Crippen molar-refractivity contribution >= 4 is 29.3 Å². The van der Waals surface area contributed by atoms with Crippen LogP contribution in [0.1, 0.15) is 22.8 Å². The highest BCUT2D eigenvalue weighted by molar-refractivity contribution is 6.07. The third-order valence-electron chi connectivity index (χ3n) is 4.24.